The van der Waals surface area contributed by atoms with Crippen molar-refractivity contribution in [1.29, 1.82) is 0 Å². The van der Waals surface area contributed by atoms with Crippen LogP contribution in [0.15, 0.2) is 36.4 Å². The molecule has 0 aliphatic heterocycles. The first-order valence-electron chi connectivity index (χ1n) is 7.85. The van der Waals surface area contributed by atoms with Gasteiger partial charge in [-0.3, -0.25) is 4.79 Å². The van der Waals surface area contributed by atoms with Crippen molar-refractivity contribution in [2.24, 2.45) is 0 Å². The van der Waals surface area contributed by atoms with Gasteiger partial charge < -0.3 is 14.8 Å². The molecule has 2 aromatic rings. The molecule has 2 aromatic carbocycles. The number of halogens is 1. The molecule has 0 aliphatic rings. The first-order valence-corrected chi connectivity index (χ1v) is 8.23. The number of rotatable bonds is 6. The van der Waals surface area contributed by atoms with Crippen LogP contribution in [0.1, 0.15) is 25.0 Å². The third-order valence-electron chi connectivity index (χ3n) is 3.73. The molecule has 128 valence electrons. The highest BCUT2D eigenvalue weighted by Crippen LogP contribution is 2.31. The summed E-state index contributed by atoms with van der Waals surface area (Å²) in [5.74, 6) is 0.937. The number of nitrogens with one attached hydrogen (secondary N) is 1. The standard InChI is InChI=1S/C19H22ClNO3/c1-5-14-7-6-8-15(10-14)24-13(3)19(22)21-17-9-12(2)16(20)11-18(17)23-4/h6-11,13H,5H2,1-4H3,(H,21,22). The molecule has 1 N–H and O–H groups in total. The van der Waals surface area contributed by atoms with Crippen molar-refractivity contribution in [3.05, 3.63) is 52.5 Å². The van der Waals surface area contributed by atoms with Crippen LogP contribution in [0.5, 0.6) is 11.5 Å². The van der Waals surface area contributed by atoms with E-state index in [1.54, 1.807) is 19.1 Å². The van der Waals surface area contributed by atoms with Crippen LogP contribution in [0.4, 0.5) is 5.69 Å². The van der Waals surface area contributed by atoms with Gasteiger partial charge in [0, 0.05) is 11.1 Å². The zero-order chi connectivity index (χ0) is 17.7. The molecular formula is C19H22ClNO3. The van der Waals surface area contributed by atoms with E-state index in [0.29, 0.717) is 22.2 Å². The summed E-state index contributed by atoms with van der Waals surface area (Å²) in [4.78, 5) is 12.4. The van der Waals surface area contributed by atoms with Gasteiger partial charge in [0.1, 0.15) is 11.5 Å². The van der Waals surface area contributed by atoms with Crippen molar-refractivity contribution in [3.63, 3.8) is 0 Å². The summed E-state index contributed by atoms with van der Waals surface area (Å²) in [6, 6.07) is 11.2. The van der Waals surface area contributed by atoms with Gasteiger partial charge in [-0.05, 0) is 49.6 Å². The van der Waals surface area contributed by atoms with Crippen LogP contribution in [0.25, 0.3) is 0 Å². The van der Waals surface area contributed by atoms with Gasteiger partial charge in [-0.1, -0.05) is 30.7 Å². The molecule has 1 amide bonds. The summed E-state index contributed by atoms with van der Waals surface area (Å²) in [6.45, 7) is 5.65. The second kappa shape index (κ2) is 8.06. The Hall–Kier alpha value is -2.20. The Labute approximate surface area is 147 Å². The fourth-order valence-electron chi connectivity index (χ4n) is 2.26. The molecule has 0 spiro atoms. The van der Waals surface area contributed by atoms with Gasteiger partial charge in [0.15, 0.2) is 6.10 Å². The molecule has 1 atom stereocenters. The van der Waals surface area contributed by atoms with E-state index >= 15 is 0 Å². The molecule has 0 aromatic heterocycles. The van der Waals surface area contributed by atoms with Gasteiger partial charge in [-0.15, -0.1) is 0 Å². The quantitative estimate of drug-likeness (QED) is 0.829. The third kappa shape index (κ3) is 4.42. The lowest BCUT2D eigenvalue weighted by molar-refractivity contribution is -0.122. The maximum atomic E-state index is 12.4. The molecule has 4 nitrogen and oxygen atoms in total. The number of benzene rings is 2. The lowest BCUT2D eigenvalue weighted by Crippen LogP contribution is -2.30. The summed E-state index contributed by atoms with van der Waals surface area (Å²) in [7, 11) is 1.53. The minimum atomic E-state index is -0.641. The highest BCUT2D eigenvalue weighted by atomic mass is 35.5. The van der Waals surface area contributed by atoms with Crippen LogP contribution < -0.4 is 14.8 Å². The number of carbonyl (C=O) groups is 1. The van der Waals surface area contributed by atoms with E-state index < -0.39 is 6.10 Å². The normalized spacial score (nSPS) is 11.7. The number of hydrogen-bond acceptors (Lipinski definition) is 3. The molecule has 0 heterocycles. The van der Waals surface area contributed by atoms with Crippen LogP contribution >= 0.6 is 11.6 Å². The van der Waals surface area contributed by atoms with Crippen molar-refractivity contribution >= 4 is 23.2 Å². The van der Waals surface area contributed by atoms with Crippen LogP contribution in [-0.4, -0.2) is 19.1 Å². The molecule has 2 rings (SSSR count). The van der Waals surface area contributed by atoms with E-state index in [1.807, 2.05) is 31.2 Å². The van der Waals surface area contributed by atoms with Crippen LogP contribution in [0.2, 0.25) is 5.02 Å². The van der Waals surface area contributed by atoms with Crippen molar-refractivity contribution in [2.75, 3.05) is 12.4 Å². The smallest absolute Gasteiger partial charge is 0.265 e. The van der Waals surface area contributed by atoms with Crippen molar-refractivity contribution in [2.45, 2.75) is 33.3 Å². The molecule has 0 aliphatic carbocycles. The molecule has 5 heteroatoms. The van der Waals surface area contributed by atoms with Crippen molar-refractivity contribution < 1.29 is 14.3 Å². The number of methoxy groups -OCH3 is 1. The van der Waals surface area contributed by atoms with Crippen molar-refractivity contribution in [1.82, 2.24) is 0 Å². The van der Waals surface area contributed by atoms with Crippen LogP contribution in [0.3, 0.4) is 0 Å². The van der Waals surface area contributed by atoms with E-state index in [4.69, 9.17) is 21.1 Å². The molecule has 1 unspecified atom stereocenters. The molecule has 24 heavy (non-hydrogen) atoms. The third-order valence-corrected chi connectivity index (χ3v) is 4.13. The Balaban J connectivity index is 2.10. The summed E-state index contributed by atoms with van der Waals surface area (Å²) >= 11 is 6.08. The van der Waals surface area contributed by atoms with Crippen LogP contribution in [0, 0.1) is 6.92 Å². The number of anilines is 1. The topological polar surface area (TPSA) is 47.6 Å². The highest BCUT2D eigenvalue weighted by molar-refractivity contribution is 6.31. The Bertz CT molecular complexity index is 731. The summed E-state index contributed by atoms with van der Waals surface area (Å²) in [5, 5.41) is 3.42. The summed E-state index contributed by atoms with van der Waals surface area (Å²) in [6.07, 6.45) is 0.275. The predicted octanol–water partition coefficient (Wildman–Crippen LogP) is 4.63. The summed E-state index contributed by atoms with van der Waals surface area (Å²) < 4.78 is 11.0. The lowest BCUT2D eigenvalue weighted by Gasteiger charge is -2.17. The molecule has 0 radical (unpaired) electrons. The molecular weight excluding hydrogens is 326 g/mol. The zero-order valence-electron chi connectivity index (χ0n) is 14.4. The minimum Gasteiger partial charge on any atom is -0.495 e. The minimum absolute atomic E-state index is 0.253. The number of hydrogen-bond donors (Lipinski definition) is 1. The summed E-state index contributed by atoms with van der Waals surface area (Å²) in [5.41, 5.74) is 2.59. The first-order chi connectivity index (χ1) is 11.4. The number of carbonyl (C=O) groups excluding carboxylic acids is 1. The van der Waals surface area contributed by atoms with E-state index in [0.717, 1.165) is 17.5 Å². The monoisotopic (exact) mass is 347 g/mol. The largest absolute Gasteiger partial charge is 0.495 e. The van der Waals surface area contributed by atoms with Gasteiger partial charge in [-0.2, -0.15) is 0 Å². The van der Waals surface area contributed by atoms with E-state index in [2.05, 4.69) is 12.2 Å². The van der Waals surface area contributed by atoms with E-state index in [9.17, 15) is 4.79 Å². The SMILES string of the molecule is CCc1cccc(OC(C)C(=O)Nc2cc(C)c(Cl)cc2OC)c1. The Morgan fingerprint density at radius 3 is 2.71 bits per heavy atom. The molecule has 0 bridgehead atoms. The zero-order valence-corrected chi connectivity index (χ0v) is 15.1. The van der Waals surface area contributed by atoms with E-state index in [1.165, 1.54) is 7.11 Å². The van der Waals surface area contributed by atoms with Gasteiger partial charge in [-0.25, -0.2) is 0 Å². The van der Waals surface area contributed by atoms with Gasteiger partial charge in [0.2, 0.25) is 0 Å². The Morgan fingerprint density at radius 1 is 1.29 bits per heavy atom. The Morgan fingerprint density at radius 2 is 2.04 bits per heavy atom. The lowest BCUT2D eigenvalue weighted by atomic mass is 10.1. The van der Waals surface area contributed by atoms with E-state index in [-0.39, 0.29) is 5.91 Å². The fourth-order valence-corrected chi connectivity index (χ4v) is 2.41. The second-order valence-electron chi connectivity index (χ2n) is 5.55. The number of ether oxygens (including phenoxy) is 2. The maximum Gasteiger partial charge on any atom is 0.265 e. The first kappa shape index (κ1) is 18.1. The second-order valence-corrected chi connectivity index (χ2v) is 5.96. The fraction of sp³-hybridized carbons (Fsp3) is 0.316. The molecule has 0 saturated heterocycles. The molecule has 0 saturated carbocycles. The predicted molar refractivity (Wildman–Crippen MR) is 97.3 cm³/mol. The maximum absolute atomic E-state index is 12.4. The highest BCUT2D eigenvalue weighted by Gasteiger charge is 2.17. The van der Waals surface area contributed by atoms with Gasteiger partial charge in [0.25, 0.3) is 5.91 Å². The Kier molecular flexibility index (Phi) is 6.10. The van der Waals surface area contributed by atoms with Gasteiger partial charge >= 0.3 is 0 Å². The van der Waals surface area contributed by atoms with Crippen molar-refractivity contribution in [3.8, 4) is 11.5 Å². The number of amides is 1. The molecule has 0 fully saturated rings. The average Bonchev–Trinajstić information content (AvgIpc) is 2.57. The van der Waals surface area contributed by atoms with Gasteiger partial charge in [0.05, 0.1) is 12.8 Å². The van der Waals surface area contributed by atoms with Crippen LogP contribution in [-0.2, 0) is 11.2 Å². The average molecular weight is 348 g/mol. The number of aryl methyl sites for hydroxylation is 2.